The Labute approximate surface area is 98.1 Å². The van der Waals surface area contributed by atoms with Crippen LogP contribution in [0.4, 0.5) is 0 Å². The molecular weight excluding hydrogens is 202 g/mol. The van der Waals surface area contributed by atoms with Gasteiger partial charge >= 0.3 is 5.97 Å². The van der Waals surface area contributed by atoms with Gasteiger partial charge in [0.25, 0.3) is 0 Å². The van der Waals surface area contributed by atoms with Crippen LogP contribution in [0.5, 0.6) is 0 Å². The van der Waals surface area contributed by atoms with Crippen molar-refractivity contribution in [3.63, 3.8) is 0 Å². The molecule has 3 heteroatoms. The second kappa shape index (κ2) is 6.69. The predicted molar refractivity (Wildman–Crippen MR) is 65.4 cm³/mol. The summed E-state index contributed by atoms with van der Waals surface area (Å²) in [6.07, 6.45) is 8.42. The topological polar surface area (TPSA) is 40.5 Å². The number of rotatable bonds is 6. The number of carbonyl (C=O) groups is 1. The Morgan fingerprint density at radius 2 is 2.25 bits per heavy atom. The summed E-state index contributed by atoms with van der Waals surface area (Å²) in [5, 5.41) is 9.16. The molecule has 1 N–H and O–H groups in total. The first-order chi connectivity index (χ1) is 7.69. The smallest absolute Gasteiger partial charge is 0.320 e. The van der Waals surface area contributed by atoms with E-state index < -0.39 is 5.97 Å². The minimum absolute atomic E-state index is 0.266. The molecule has 0 aromatic carbocycles. The van der Waals surface area contributed by atoms with Crippen LogP contribution in [0.3, 0.4) is 0 Å². The van der Waals surface area contributed by atoms with Crippen LogP contribution in [0.2, 0.25) is 0 Å². The number of likely N-dealkylation sites (tertiary alicyclic amines) is 1. The van der Waals surface area contributed by atoms with Crippen molar-refractivity contribution < 1.29 is 9.90 Å². The molecule has 0 saturated carbocycles. The Morgan fingerprint density at radius 1 is 1.50 bits per heavy atom. The molecule has 2 atom stereocenters. The molecule has 0 aliphatic carbocycles. The molecule has 1 aliphatic heterocycles. The SMILES string of the molecule is C/C=C\C1CC(C(=O)O)N(CCCCC)C1. The lowest BCUT2D eigenvalue weighted by molar-refractivity contribution is -0.142. The molecule has 1 rings (SSSR count). The zero-order chi connectivity index (χ0) is 12.0. The maximum atomic E-state index is 11.1. The summed E-state index contributed by atoms with van der Waals surface area (Å²) in [7, 11) is 0. The van der Waals surface area contributed by atoms with E-state index in [1.54, 1.807) is 0 Å². The molecule has 92 valence electrons. The van der Waals surface area contributed by atoms with Crippen molar-refractivity contribution in [3.8, 4) is 0 Å². The quantitative estimate of drug-likeness (QED) is 0.558. The van der Waals surface area contributed by atoms with Crippen molar-refractivity contribution in [2.45, 2.75) is 45.6 Å². The molecule has 1 saturated heterocycles. The van der Waals surface area contributed by atoms with Gasteiger partial charge in [-0.3, -0.25) is 9.69 Å². The highest BCUT2D eigenvalue weighted by atomic mass is 16.4. The normalized spacial score (nSPS) is 26.6. The lowest BCUT2D eigenvalue weighted by Crippen LogP contribution is -2.36. The Kier molecular flexibility index (Phi) is 5.53. The number of aliphatic carboxylic acids is 1. The molecule has 1 heterocycles. The lowest BCUT2D eigenvalue weighted by atomic mass is 10.1. The summed E-state index contributed by atoms with van der Waals surface area (Å²) >= 11 is 0. The third-order valence-electron chi connectivity index (χ3n) is 3.23. The van der Waals surface area contributed by atoms with Gasteiger partial charge in [-0.15, -0.1) is 0 Å². The van der Waals surface area contributed by atoms with Crippen LogP contribution in [-0.2, 0) is 4.79 Å². The first-order valence-electron chi connectivity index (χ1n) is 6.28. The van der Waals surface area contributed by atoms with Crippen molar-refractivity contribution in [1.29, 1.82) is 0 Å². The summed E-state index contributed by atoms with van der Waals surface area (Å²) in [6, 6.07) is -0.266. The van der Waals surface area contributed by atoms with Gasteiger partial charge in [0.1, 0.15) is 6.04 Å². The number of allylic oxidation sites excluding steroid dienone is 1. The Hall–Kier alpha value is -0.830. The van der Waals surface area contributed by atoms with Gasteiger partial charge in [0.05, 0.1) is 0 Å². The van der Waals surface area contributed by atoms with E-state index in [1.807, 2.05) is 13.0 Å². The van der Waals surface area contributed by atoms with Gasteiger partial charge in [0, 0.05) is 6.54 Å². The molecule has 2 unspecified atom stereocenters. The highest BCUT2D eigenvalue weighted by molar-refractivity contribution is 5.74. The van der Waals surface area contributed by atoms with Crippen LogP contribution in [0.15, 0.2) is 12.2 Å². The lowest BCUT2D eigenvalue weighted by Gasteiger charge is -2.20. The van der Waals surface area contributed by atoms with Crippen molar-refractivity contribution in [1.82, 2.24) is 4.90 Å². The summed E-state index contributed by atoms with van der Waals surface area (Å²) < 4.78 is 0. The van der Waals surface area contributed by atoms with Crippen LogP contribution < -0.4 is 0 Å². The van der Waals surface area contributed by atoms with E-state index in [4.69, 9.17) is 5.11 Å². The Balaban J connectivity index is 2.48. The van der Waals surface area contributed by atoms with Crippen molar-refractivity contribution in [3.05, 3.63) is 12.2 Å². The largest absolute Gasteiger partial charge is 0.480 e. The molecule has 16 heavy (non-hydrogen) atoms. The van der Waals surface area contributed by atoms with E-state index in [0.29, 0.717) is 5.92 Å². The Morgan fingerprint density at radius 3 is 2.81 bits per heavy atom. The van der Waals surface area contributed by atoms with Gasteiger partial charge in [-0.25, -0.2) is 0 Å². The Bertz CT molecular complexity index is 250. The standard InChI is InChI=1S/C13H23NO2/c1-3-5-6-8-14-10-11(7-4-2)9-12(14)13(15)16/h4,7,11-12H,3,5-6,8-10H2,1-2H3,(H,15,16)/b7-4-. The molecule has 0 aromatic heterocycles. The number of carboxylic acid groups (broad SMARTS) is 1. The molecule has 1 fully saturated rings. The minimum Gasteiger partial charge on any atom is -0.480 e. The first-order valence-corrected chi connectivity index (χ1v) is 6.28. The molecular formula is C13H23NO2. The molecule has 0 radical (unpaired) electrons. The fraction of sp³-hybridized carbons (Fsp3) is 0.769. The summed E-state index contributed by atoms with van der Waals surface area (Å²) in [5.74, 6) is -0.240. The number of unbranched alkanes of at least 4 members (excludes halogenated alkanes) is 2. The second-order valence-corrected chi connectivity index (χ2v) is 4.58. The molecule has 0 bridgehead atoms. The van der Waals surface area contributed by atoms with Crippen LogP contribution in [0, 0.1) is 5.92 Å². The number of hydrogen-bond donors (Lipinski definition) is 1. The fourth-order valence-electron chi connectivity index (χ4n) is 2.42. The van der Waals surface area contributed by atoms with E-state index in [-0.39, 0.29) is 6.04 Å². The average Bonchev–Trinajstić information content (AvgIpc) is 2.62. The van der Waals surface area contributed by atoms with Crippen molar-refractivity contribution in [2.24, 2.45) is 5.92 Å². The zero-order valence-corrected chi connectivity index (χ0v) is 10.4. The number of carboxylic acids is 1. The first kappa shape index (κ1) is 13.2. The number of nitrogens with zero attached hydrogens (tertiary/aromatic N) is 1. The van der Waals surface area contributed by atoms with Crippen LogP contribution in [-0.4, -0.2) is 35.1 Å². The van der Waals surface area contributed by atoms with E-state index in [9.17, 15) is 4.79 Å². The van der Waals surface area contributed by atoms with E-state index in [1.165, 1.54) is 12.8 Å². The highest BCUT2D eigenvalue weighted by Gasteiger charge is 2.34. The van der Waals surface area contributed by atoms with E-state index in [0.717, 1.165) is 25.9 Å². The molecule has 0 spiro atoms. The highest BCUT2D eigenvalue weighted by Crippen LogP contribution is 2.25. The predicted octanol–water partition coefficient (Wildman–Crippen LogP) is 2.53. The monoisotopic (exact) mass is 225 g/mol. The second-order valence-electron chi connectivity index (χ2n) is 4.58. The average molecular weight is 225 g/mol. The van der Waals surface area contributed by atoms with Gasteiger partial charge in [-0.05, 0) is 32.2 Å². The number of hydrogen-bond acceptors (Lipinski definition) is 2. The summed E-state index contributed by atoms with van der Waals surface area (Å²) in [4.78, 5) is 13.3. The third kappa shape index (κ3) is 3.63. The van der Waals surface area contributed by atoms with Gasteiger partial charge in [-0.2, -0.15) is 0 Å². The molecule has 3 nitrogen and oxygen atoms in total. The molecule has 1 aliphatic rings. The zero-order valence-electron chi connectivity index (χ0n) is 10.4. The molecule has 0 amide bonds. The maximum Gasteiger partial charge on any atom is 0.320 e. The third-order valence-corrected chi connectivity index (χ3v) is 3.23. The van der Waals surface area contributed by atoms with Gasteiger partial charge in [0.15, 0.2) is 0 Å². The van der Waals surface area contributed by atoms with Gasteiger partial charge in [0.2, 0.25) is 0 Å². The van der Waals surface area contributed by atoms with Gasteiger partial charge in [-0.1, -0.05) is 31.9 Å². The van der Waals surface area contributed by atoms with Crippen molar-refractivity contribution in [2.75, 3.05) is 13.1 Å². The summed E-state index contributed by atoms with van der Waals surface area (Å²) in [5.41, 5.74) is 0. The van der Waals surface area contributed by atoms with E-state index >= 15 is 0 Å². The van der Waals surface area contributed by atoms with Crippen molar-refractivity contribution >= 4 is 5.97 Å². The minimum atomic E-state index is -0.663. The van der Waals surface area contributed by atoms with E-state index in [2.05, 4.69) is 17.9 Å². The van der Waals surface area contributed by atoms with Crippen LogP contribution in [0.1, 0.15) is 39.5 Å². The molecule has 0 aromatic rings. The summed E-state index contributed by atoms with van der Waals surface area (Å²) in [6.45, 7) is 6.00. The van der Waals surface area contributed by atoms with Crippen LogP contribution in [0.25, 0.3) is 0 Å². The maximum absolute atomic E-state index is 11.1. The fourth-order valence-corrected chi connectivity index (χ4v) is 2.42. The van der Waals surface area contributed by atoms with Gasteiger partial charge < -0.3 is 5.11 Å². The van der Waals surface area contributed by atoms with Crippen LogP contribution >= 0.6 is 0 Å².